The molecule has 2 N–H and O–H groups in total. The molecule has 1 atom stereocenters. The van der Waals surface area contributed by atoms with Crippen LogP contribution >= 0.6 is 0 Å². The van der Waals surface area contributed by atoms with Gasteiger partial charge < -0.3 is 5.73 Å². The summed E-state index contributed by atoms with van der Waals surface area (Å²) in [6, 6.07) is 1.05. The van der Waals surface area contributed by atoms with Crippen LogP contribution in [0.5, 0.6) is 0 Å². The lowest BCUT2D eigenvalue weighted by Crippen LogP contribution is -2.16. The topological polar surface area (TPSA) is 43.8 Å². The third kappa shape index (κ3) is 3.23. The van der Waals surface area contributed by atoms with Crippen LogP contribution in [0.3, 0.4) is 0 Å². The van der Waals surface area contributed by atoms with Crippen molar-refractivity contribution in [2.45, 2.75) is 32.0 Å². The van der Waals surface area contributed by atoms with Crippen LogP contribution in [-0.4, -0.2) is 15.8 Å². The molecule has 1 aromatic rings. The molecule has 86 valence electrons. The molecule has 0 aliphatic rings. The van der Waals surface area contributed by atoms with Gasteiger partial charge in [-0.1, -0.05) is 0 Å². The Balaban J connectivity index is 2.78. The first-order valence-electron chi connectivity index (χ1n) is 4.66. The fourth-order valence-electron chi connectivity index (χ4n) is 1.25. The monoisotopic (exact) mass is 221 g/mol. The standard InChI is InChI=1S/C9H14F3N3/c1-6(13)3-4-7-5-8(9(10,11)12)14-15(7)2/h5-6H,3-4,13H2,1-2H3. The first-order valence-corrected chi connectivity index (χ1v) is 4.66. The summed E-state index contributed by atoms with van der Waals surface area (Å²) in [6.07, 6.45) is -3.21. The van der Waals surface area contributed by atoms with Crippen LogP contribution in [0.4, 0.5) is 13.2 Å². The third-order valence-corrected chi connectivity index (χ3v) is 2.12. The van der Waals surface area contributed by atoms with Gasteiger partial charge in [0.15, 0.2) is 5.69 Å². The lowest BCUT2D eigenvalue weighted by atomic mass is 10.1. The quantitative estimate of drug-likeness (QED) is 0.844. The number of halogens is 3. The highest BCUT2D eigenvalue weighted by atomic mass is 19.4. The molecule has 3 nitrogen and oxygen atoms in total. The molecule has 1 aromatic heterocycles. The summed E-state index contributed by atoms with van der Waals surface area (Å²) in [5.41, 5.74) is 5.24. The maximum atomic E-state index is 12.3. The van der Waals surface area contributed by atoms with Crippen LogP contribution in [-0.2, 0) is 19.6 Å². The third-order valence-electron chi connectivity index (χ3n) is 2.12. The number of alkyl halides is 3. The summed E-state index contributed by atoms with van der Waals surface area (Å²) in [5, 5.41) is 3.41. The molecule has 0 amide bonds. The number of hydrogen-bond acceptors (Lipinski definition) is 2. The van der Waals surface area contributed by atoms with Crippen LogP contribution in [0.1, 0.15) is 24.7 Å². The minimum absolute atomic E-state index is 0.0192. The average molecular weight is 221 g/mol. The van der Waals surface area contributed by atoms with Gasteiger partial charge in [-0.15, -0.1) is 0 Å². The van der Waals surface area contributed by atoms with E-state index in [2.05, 4.69) is 5.10 Å². The Morgan fingerprint density at radius 2 is 2.13 bits per heavy atom. The van der Waals surface area contributed by atoms with E-state index in [4.69, 9.17) is 5.73 Å². The number of aryl methyl sites for hydroxylation is 2. The highest BCUT2D eigenvalue weighted by Crippen LogP contribution is 2.28. The maximum Gasteiger partial charge on any atom is 0.435 e. The van der Waals surface area contributed by atoms with Gasteiger partial charge in [-0.3, -0.25) is 4.68 Å². The van der Waals surface area contributed by atoms with Gasteiger partial charge in [0.2, 0.25) is 0 Å². The molecule has 0 radical (unpaired) electrons. The van der Waals surface area contributed by atoms with Crippen molar-refractivity contribution in [3.05, 3.63) is 17.5 Å². The molecular formula is C9H14F3N3. The molecule has 0 saturated heterocycles. The van der Waals surface area contributed by atoms with Gasteiger partial charge in [-0.25, -0.2) is 0 Å². The summed E-state index contributed by atoms with van der Waals surface area (Å²) in [6.45, 7) is 1.82. The minimum atomic E-state index is -4.37. The van der Waals surface area contributed by atoms with E-state index in [1.165, 1.54) is 11.7 Å². The number of aromatic nitrogens is 2. The van der Waals surface area contributed by atoms with Gasteiger partial charge in [0.05, 0.1) is 0 Å². The molecule has 0 saturated carbocycles. The number of hydrogen-bond donors (Lipinski definition) is 1. The summed E-state index contributed by atoms with van der Waals surface area (Å²) in [4.78, 5) is 0. The van der Waals surface area contributed by atoms with Crippen molar-refractivity contribution < 1.29 is 13.2 Å². The Morgan fingerprint density at radius 3 is 2.53 bits per heavy atom. The maximum absolute atomic E-state index is 12.3. The van der Waals surface area contributed by atoms with Crippen LogP contribution in [0.15, 0.2) is 6.07 Å². The summed E-state index contributed by atoms with van der Waals surface area (Å²) >= 11 is 0. The summed E-state index contributed by atoms with van der Waals surface area (Å²) in [5.74, 6) is 0. The van der Waals surface area contributed by atoms with Crippen LogP contribution in [0, 0.1) is 0 Å². The fraction of sp³-hybridized carbons (Fsp3) is 0.667. The molecule has 0 aliphatic heterocycles. The van der Waals surface area contributed by atoms with Crippen molar-refractivity contribution in [2.75, 3.05) is 0 Å². The highest BCUT2D eigenvalue weighted by molar-refractivity contribution is 5.13. The van der Waals surface area contributed by atoms with E-state index in [0.717, 1.165) is 6.07 Å². The van der Waals surface area contributed by atoms with E-state index in [9.17, 15) is 13.2 Å². The van der Waals surface area contributed by atoms with Crippen molar-refractivity contribution in [3.63, 3.8) is 0 Å². The van der Waals surface area contributed by atoms with E-state index in [0.29, 0.717) is 18.5 Å². The van der Waals surface area contributed by atoms with Crippen molar-refractivity contribution in [1.29, 1.82) is 0 Å². The SMILES string of the molecule is CC(N)CCc1cc(C(F)(F)F)nn1C. The van der Waals surface area contributed by atoms with E-state index in [-0.39, 0.29) is 6.04 Å². The molecule has 0 aromatic carbocycles. The molecule has 0 aliphatic carbocycles. The van der Waals surface area contributed by atoms with Gasteiger partial charge in [0.1, 0.15) is 0 Å². The van der Waals surface area contributed by atoms with Gasteiger partial charge in [-0.2, -0.15) is 18.3 Å². The summed E-state index contributed by atoms with van der Waals surface area (Å²) in [7, 11) is 1.51. The Kier molecular flexibility index (Phi) is 3.38. The molecule has 0 bridgehead atoms. The largest absolute Gasteiger partial charge is 0.435 e. The second-order valence-electron chi connectivity index (χ2n) is 3.66. The Hall–Kier alpha value is -1.04. The molecule has 6 heteroatoms. The van der Waals surface area contributed by atoms with Crippen molar-refractivity contribution in [1.82, 2.24) is 9.78 Å². The number of nitrogens with two attached hydrogens (primary N) is 1. The normalized spacial score (nSPS) is 14.3. The Morgan fingerprint density at radius 1 is 1.53 bits per heavy atom. The van der Waals surface area contributed by atoms with Gasteiger partial charge in [0.25, 0.3) is 0 Å². The zero-order valence-corrected chi connectivity index (χ0v) is 8.67. The van der Waals surface area contributed by atoms with E-state index in [1.54, 1.807) is 0 Å². The van der Waals surface area contributed by atoms with Crippen LogP contribution in [0.25, 0.3) is 0 Å². The van der Waals surface area contributed by atoms with Crippen molar-refractivity contribution in [2.24, 2.45) is 12.8 Å². The number of rotatable bonds is 3. The first kappa shape index (κ1) is 12.0. The molecular weight excluding hydrogens is 207 g/mol. The lowest BCUT2D eigenvalue weighted by molar-refractivity contribution is -0.141. The molecule has 0 fully saturated rings. The second-order valence-corrected chi connectivity index (χ2v) is 3.66. The van der Waals surface area contributed by atoms with Crippen molar-refractivity contribution in [3.8, 4) is 0 Å². The lowest BCUT2D eigenvalue weighted by Gasteiger charge is -2.04. The van der Waals surface area contributed by atoms with Gasteiger partial charge in [0, 0.05) is 18.8 Å². The molecule has 1 rings (SSSR count). The second kappa shape index (κ2) is 4.22. The van der Waals surface area contributed by atoms with E-state index < -0.39 is 11.9 Å². The molecule has 0 spiro atoms. The van der Waals surface area contributed by atoms with Crippen LogP contribution < -0.4 is 5.73 Å². The zero-order chi connectivity index (χ0) is 11.6. The zero-order valence-electron chi connectivity index (χ0n) is 8.67. The minimum Gasteiger partial charge on any atom is -0.328 e. The highest BCUT2D eigenvalue weighted by Gasteiger charge is 2.34. The Labute approximate surface area is 86.1 Å². The van der Waals surface area contributed by atoms with E-state index >= 15 is 0 Å². The predicted octanol–water partition coefficient (Wildman–Crippen LogP) is 1.72. The summed E-state index contributed by atoms with van der Waals surface area (Å²) < 4.78 is 38.1. The first-order chi connectivity index (χ1) is 6.80. The molecule has 1 heterocycles. The van der Waals surface area contributed by atoms with Gasteiger partial charge in [-0.05, 0) is 25.8 Å². The average Bonchev–Trinajstić information content (AvgIpc) is 2.42. The molecule has 15 heavy (non-hydrogen) atoms. The number of nitrogens with zero attached hydrogens (tertiary/aromatic N) is 2. The smallest absolute Gasteiger partial charge is 0.328 e. The van der Waals surface area contributed by atoms with Gasteiger partial charge >= 0.3 is 6.18 Å². The van der Waals surface area contributed by atoms with Crippen molar-refractivity contribution >= 4 is 0 Å². The van der Waals surface area contributed by atoms with E-state index in [1.807, 2.05) is 6.92 Å². The fourth-order valence-corrected chi connectivity index (χ4v) is 1.25. The predicted molar refractivity (Wildman–Crippen MR) is 50.2 cm³/mol. The Bertz CT molecular complexity index is 328. The van der Waals surface area contributed by atoms with Crippen LogP contribution in [0.2, 0.25) is 0 Å². The molecule has 1 unspecified atom stereocenters.